The summed E-state index contributed by atoms with van der Waals surface area (Å²) in [5.74, 6) is 0. The first-order chi connectivity index (χ1) is 6.18. The third-order valence-corrected chi connectivity index (χ3v) is 2.44. The Labute approximate surface area is 86.1 Å². The van der Waals surface area contributed by atoms with E-state index >= 15 is 0 Å². The van der Waals surface area contributed by atoms with Crippen LogP contribution in [0, 0.1) is 0 Å². The molecule has 0 radical (unpaired) electrons. The Kier molecular flexibility index (Phi) is 2.05. The summed E-state index contributed by atoms with van der Waals surface area (Å²) in [5, 5.41) is 0.263. The molecule has 2 heterocycles. The molecule has 2 rings (SSSR count). The molecule has 0 spiro atoms. The fraction of sp³-hybridized carbons (Fsp3) is 0. The molecular weight excluding hydrogens is 257 g/mol. The maximum Gasteiger partial charge on any atom is 0.264 e. The number of aromatic amines is 1. The van der Waals surface area contributed by atoms with Gasteiger partial charge in [-0.1, -0.05) is 11.6 Å². The Bertz CT molecular complexity index is 525. The van der Waals surface area contributed by atoms with E-state index < -0.39 is 0 Å². The first kappa shape index (κ1) is 8.65. The van der Waals surface area contributed by atoms with E-state index in [1.54, 1.807) is 0 Å². The van der Waals surface area contributed by atoms with Crippen LogP contribution < -0.4 is 5.56 Å². The Morgan fingerprint density at radius 1 is 1.54 bits per heavy atom. The average Bonchev–Trinajstić information content (AvgIpc) is 2.12. The van der Waals surface area contributed by atoms with Gasteiger partial charge in [-0.3, -0.25) is 4.79 Å². The minimum Gasteiger partial charge on any atom is -0.326 e. The van der Waals surface area contributed by atoms with Gasteiger partial charge < -0.3 is 4.98 Å². The highest BCUT2D eigenvalue weighted by Crippen LogP contribution is 2.16. The predicted octanol–water partition coefficient (Wildman–Crippen LogP) is 1.73. The summed E-state index contributed by atoms with van der Waals surface area (Å²) >= 11 is 8.75. The predicted molar refractivity (Wildman–Crippen MR) is 52.9 cm³/mol. The standard InChI is InChI=1S/C7H3BrClN3O/c8-5-6-3(1-11-7(5)13)10-2-4(9)12-6/h1-2H,(H,11,13). The molecule has 2 aromatic rings. The number of H-pyrrole nitrogens is 1. The Hall–Kier alpha value is -0.940. The number of pyridine rings is 1. The summed E-state index contributed by atoms with van der Waals surface area (Å²) in [5.41, 5.74) is 0.816. The number of aromatic nitrogens is 3. The normalized spacial score (nSPS) is 10.6. The van der Waals surface area contributed by atoms with Crippen molar-refractivity contribution in [2.45, 2.75) is 0 Å². The molecule has 0 atom stereocenters. The van der Waals surface area contributed by atoms with Gasteiger partial charge in [0.15, 0.2) is 0 Å². The van der Waals surface area contributed by atoms with Crippen LogP contribution in [0.1, 0.15) is 0 Å². The molecule has 0 aliphatic rings. The zero-order valence-corrected chi connectivity index (χ0v) is 8.56. The van der Waals surface area contributed by atoms with Crippen molar-refractivity contribution in [3.05, 3.63) is 32.4 Å². The van der Waals surface area contributed by atoms with Gasteiger partial charge in [0.2, 0.25) is 0 Å². The molecule has 13 heavy (non-hydrogen) atoms. The van der Waals surface area contributed by atoms with Crippen molar-refractivity contribution < 1.29 is 0 Å². The molecule has 0 unspecified atom stereocenters. The van der Waals surface area contributed by atoms with Gasteiger partial charge in [-0.15, -0.1) is 0 Å². The Morgan fingerprint density at radius 3 is 3.08 bits per heavy atom. The third kappa shape index (κ3) is 1.45. The monoisotopic (exact) mass is 259 g/mol. The largest absolute Gasteiger partial charge is 0.326 e. The molecule has 0 amide bonds. The topological polar surface area (TPSA) is 58.6 Å². The Balaban J connectivity index is 2.97. The summed E-state index contributed by atoms with van der Waals surface area (Å²) in [6.07, 6.45) is 2.92. The number of nitrogens with zero attached hydrogens (tertiary/aromatic N) is 2. The highest BCUT2D eigenvalue weighted by molar-refractivity contribution is 9.10. The van der Waals surface area contributed by atoms with E-state index in [9.17, 15) is 4.79 Å². The lowest BCUT2D eigenvalue weighted by atomic mass is 10.4. The van der Waals surface area contributed by atoms with E-state index in [-0.39, 0.29) is 10.7 Å². The average molecular weight is 260 g/mol. The van der Waals surface area contributed by atoms with E-state index in [4.69, 9.17) is 11.6 Å². The molecule has 4 nitrogen and oxygen atoms in total. The van der Waals surface area contributed by atoms with Crippen molar-refractivity contribution in [2.24, 2.45) is 0 Å². The Morgan fingerprint density at radius 2 is 2.31 bits per heavy atom. The van der Waals surface area contributed by atoms with Crippen molar-refractivity contribution >= 4 is 38.6 Å². The van der Waals surface area contributed by atoms with Crippen LogP contribution in [0.2, 0.25) is 5.15 Å². The number of hydrogen-bond donors (Lipinski definition) is 1. The zero-order valence-electron chi connectivity index (χ0n) is 6.21. The van der Waals surface area contributed by atoms with Crippen LogP contribution in [0.15, 0.2) is 21.7 Å². The van der Waals surface area contributed by atoms with E-state index in [1.165, 1.54) is 12.4 Å². The maximum atomic E-state index is 11.1. The zero-order chi connectivity index (χ0) is 9.42. The van der Waals surface area contributed by atoms with Crippen molar-refractivity contribution in [3.8, 4) is 0 Å². The van der Waals surface area contributed by atoms with Crippen LogP contribution in [-0.2, 0) is 0 Å². The van der Waals surface area contributed by atoms with Crippen molar-refractivity contribution in [1.82, 2.24) is 15.0 Å². The third-order valence-electron chi connectivity index (χ3n) is 1.52. The maximum absolute atomic E-state index is 11.1. The van der Waals surface area contributed by atoms with Gasteiger partial charge in [-0.25, -0.2) is 9.97 Å². The van der Waals surface area contributed by atoms with E-state index in [0.717, 1.165) is 0 Å². The number of rotatable bonds is 0. The highest BCUT2D eigenvalue weighted by atomic mass is 79.9. The van der Waals surface area contributed by atoms with E-state index in [1.807, 2.05) is 0 Å². The lowest BCUT2D eigenvalue weighted by Crippen LogP contribution is -2.06. The van der Waals surface area contributed by atoms with Gasteiger partial charge in [0.25, 0.3) is 5.56 Å². The summed E-state index contributed by atoms with van der Waals surface area (Å²) in [7, 11) is 0. The van der Waals surface area contributed by atoms with Crippen LogP contribution in [0.4, 0.5) is 0 Å². The van der Waals surface area contributed by atoms with Crippen LogP contribution in [-0.4, -0.2) is 15.0 Å². The molecule has 0 aromatic carbocycles. The quantitative estimate of drug-likeness (QED) is 0.785. The lowest BCUT2D eigenvalue weighted by Gasteiger charge is -1.97. The fourth-order valence-electron chi connectivity index (χ4n) is 0.949. The lowest BCUT2D eigenvalue weighted by molar-refractivity contribution is 1.19. The molecule has 0 saturated heterocycles. The number of fused-ring (bicyclic) bond motifs is 1. The summed E-state index contributed by atoms with van der Waals surface area (Å²) < 4.78 is 0.347. The van der Waals surface area contributed by atoms with Crippen LogP contribution in [0.5, 0.6) is 0 Å². The molecule has 66 valence electrons. The van der Waals surface area contributed by atoms with Gasteiger partial charge in [0, 0.05) is 6.20 Å². The first-order valence-corrected chi connectivity index (χ1v) is 4.55. The van der Waals surface area contributed by atoms with Gasteiger partial charge in [-0.05, 0) is 15.9 Å². The second kappa shape index (κ2) is 3.08. The second-order valence-electron chi connectivity index (χ2n) is 2.36. The first-order valence-electron chi connectivity index (χ1n) is 3.38. The smallest absolute Gasteiger partial charge is 0.264 e. The second-order valence-corrected chi connectivity index (χ2v) is 3.54. The van der Waals surface area contributed by atoms with Gasteiger partial charge in [0.05, 0.1) is 6.20 Å². The summed E-state index contributed by atoms with van der Waals surface area (Å²) in [6.45, 7) is 0. The van der Waals surface area contributed by atoms with E-state index in [2.05, 4.69) is 30.9 Å². The van der Waals surface area contributed by atoms with Crippen LogP contribution in [0.3, 0.4) is 0 Å². The van der Waals surface area contributed by atoms with Crippen LogP contribution in [0.25, 0.3) is 11.0 Å². The molecule has 1 N–H and O–H groups in total. The van der Waals surface area contributed by atoms with Gasteiger partial charge >= 0.3 is 0 Å². The number of nitrogens with one attached hydrogen (secondary N) is 1. The minimum atomic E-state index is -0.246. The molecule has 0 aliphatic carbocycles. The molecule has 2 aromatic heterocycles. The summed E-state index contributed by atoms with van der Waals surface area (Å²) in [6, 6.07) is 0. The highest BCUT2D eigenvalue weighted by Gasteiger charge is 2.05. The molecular formula is C7H3BrClN3O. The minimum absolute atomic E-state index is 0.246. The van der Waals surface area contributed by atoms with Gasteiger partial charge in [0.1, 0.15) is 20.7 Å². The number of hydrogen-bond acceptors (Lipinski definition) is 3. The molecule has 0 fully saturated rings. The molecule has 0 aliphatic heterocycles. The van der Waals surface area contributed by atoms with Crippen molar-refractivity contribution in [1.29, 1.82) is 0 Å². The van der Waals surface area contributed by atoms with Crippen LogP contribution >= 0.6 is 27.5 Å². The molecule has 0 saturated carbocycles. The van der Waals surface area contributed by atoms with E-state index in [0.29, 0.717) is 15.5 Å². The van der Waals surface area contributed by atoms with Gasteiger partial charge in [-0.2, -0.15) is 0 Å². The van der Waals surface area contributed by atoms with Crippen molar-refractivity contribution in [2.75, 3.05) is 0 Å². The summed E-state index contributed by atoms with van der Waals surface area (Å²) in [4.78, 5) is 21.6. The molecule has 6 heteroatoms. The molecule has 0 bridgehead atoms. The SMILES string of the molecule is O=c1[nH]cc2ncc(Cl)nc2c1Br. The van der Waals surface area contributed by atoms with Crippen molar-refractivity contribution in [3.63, 3.8) is 0 Å². The fourth-order valence-corrected chi connectivity index (χ4v) is 1.49. The number of halogens is 2.